The molecule has 2 rings (SSSR count). The molecule has 0 saturated carbocycles. The number of amides is 1. The second-order valence-corrected chi connectivity index (χ2v) is 5.50. The molecule has 2 aromatic rings. The van der Waals surface area contributed by atoms with Crippen molar-refractivity contribution >= 4 is 28.8 Å². The van der Waals surface area contributed by atoms with Crippen molar-refractivity contribution in [2.24, 2.45) is 0 Å². The van der Waals surface area contributed by atoms with Crippen molar-refractivity contribution in [3.8, 4) is 5.75 Å². The summed E-state index contributed by atoms with van der Waals surface area (Å²) in [5.74, 6) is 0.612. The number of carbonyl (C=O) groups excluding carboxylic acids is 1. The van der Waals surface area contributed by atoms with Gasteiger partial charge in [-0.25, -0.2) is 4.98 Å². The lowest BCUT2D eigenvalue weighted by molar-refractivity contribution is -0.129. The van der Waals surface area contributed by atoms with Gasteiger partial charge in [0.15, 0.2) is 0 Å². The highest BCUT2D eigenvalue weighted by atomic mass is 35.5. The highest BCUT2D eigenvalue weighted by Gasteiger charge is 2.12. The predicted octanol–water partition coefficient (Wildman–Crippen LogP) is 3.01. The van der Waals surface area contributed by atoms with Gasteiger partial charge in [0.25, 0.3) is 0 Å². The highest BCUT2D eigenvalue weighted by Crippen LogP contribution is 2.25. The van der Waals surface area contributed by atoms with Crippen molar-refractivity contribution in [1.82, 2.24) is 9.88 Å². The van der Waals surface area contributed by atoms with Gasteiger partial charge in [0.1, 0.15) is 5.75 Å². The molecule has 0 bridgehead atoms. The molecule has 0 N–H and O–H groups in total. The number of rotatable bonds is 5. The molecule has 0 spiro atoms. The summed E-state index contributed by atoms with van der Waals surface area (Å²) < 4.78 is 5.15. The average molecular weight is 311 g/mol. The fourth-order valence-electron chi connectivity index (χ4n) is 1.77. The third-order valence-corrected chi connectivity index (χ3v) is 3.83. The topological polar surface area (TPSA) is 42.4 Å². The summed E-state index contributed by atoms with van der Waals surface area (Å²) in [6.45, 7) is 0.521. The van der Waals surface area contributed by atoms with Crippen LogP contribution in [0.5, 0.6) is 5.75 Å². The van der Waals surface area contributed by atoms with E-state index < -0.39 is 0 Å². The number of hydrogen-bond acceptors (Lipinski definition) is 4. The molecular formula is C14H15ClN2O2S. The second-order valence-electron chi connectivity index (χ2n) is 4.38. The fraction of sp³-hybridized carbons (Fsp3) is 0.286. The number of methoxy groups -OCH3 is 1. The smallest absolute Gasteiger partial charge is 0.227 e. The molecule has 0 unspecified atom stereocenters. The standard InChI is InChI=1S/C14H15ClN2O2S/c1-17(7-11-8-20-9-16-11)14(18)6-10-3-4-12(15)13(5-10)19-2/h3-5,8-9H,6-7H2,1-2H3. The molecule has 0 aliphatic carbocycles. The SMILES string of the molecule is COc1cc(CC(=O)N(C)Cc2cscn2)ccc1Cl. The second kappa shape index (κ2) is 6.72. The van der Waals surface area contributed by atoms with E-state index in [-0.39, 0.29) is 5.91 Å². The van der Waals surface area contributed by atoms with Crippen molar-refractivity contribution < 1.29 is 9.53 Å². The number of likely N-dealkylation sites (N-methyl/N-ethyl adjacent to an activating group) is 1. The summed E-state index contributed by atoms with van der Waals surface area (Å²) in [7, 11) is 3.33. The van der Waals surface area contributed by atoms with E-state index in [1.807, 2.05) is 11.4 Å². The third-order valence-electron chi connectivity index (χ3n) is 2.88. The largest absolute Gasteiger partial charge is 0.495 e. The first kappa shape index (κ1) is 14.8. The summed E-state index contributed by atoms with van der Waals surface area (Å²) in [5, 5.41) is 2.48. The van der Waals surface area contributed by atoms with Crippen LogP contribution in [0.1, 0.15) is 11.3 Å². The molecule has 0 saturated heterocycles. The molecule has 4 nitrogen and oxygen atoms in total. The van der Waals surface area contributed by atoms with E-state index in [2.05, 4.69) is 4.98 Å². The Bertz CT molecular complexity index is 587. The minimum atomic E-state index is 0.0300. The molecule has 106 valence electrons. The minimum Gasteiger partial charge on any atom is -0.495 e. The molecule has 0 atom stereocenters. The Morgan fingerprint density at radius 3 is 2.95 bits per heavy atom. The van der Waals surface area contributed by atoms with Crippen molar-refractivity contribution in [3.63, 3.8) is 0 Å². The third kappa shape index (κ3) is 3.71. The molecule has 0 fully saturated rings. The van der Waals surface area contributed by atoms with Crippen LogP contribution in [0.15, 0.2) is 29.1 Å². The van der Waals surface area contributed by atoms with Crippen LogP contribution in [0.3, 0.4) is 0 Å². The Balaban J connectivity index is 2.00. The number of nitrogens with zero attached hydrogens (tertiary/aromatic N) is 2. The van der Waals surface area contributed by atoms with Crippen LogP contribution < -0.4 is 4.74 Å². The van der Waals surface area contributed by atoms with Crippen LogP contribution in [-0.2, 0) is 17.8 Å². The van der Waals surface area contributed by atoms with Crippen LogP contribution in [0, 0.1) is 0 Å². The first-order chi connectivity index (χ1) is 9.60. The predicted molar refractivity (Wildman–Crippen MR) is 80.3 cm³/mol. The van der Waals surface area contributed by atoms with Gasteiger partial charge in [-0.2, -0.15) is 0 Å². The van der Waals surface area contributed by atoms with Crippen LogP contribution in [0.2, 0.25) is 5.02 Å². The van der Waals surface area contributed by atoms with Crippen LogP contribution >= 0.6 is 22.9 Å². The minimum absolute atomic E-state index is 0.0300. The van der Waals surface area contributed by atoms with E-state index in [1.165, 1.54) is 11.3 Å². The van der Waals surface area contributed by atoms with Crippen molar-refractivity contribution in [1.29, 1.82) is 0 Å². The van der Waals surface area contributed by atoms with Gasteiger partial charge >= 0.3 is 0 Å². The Morgan fingerprint density at radius 1 is 1.50 bits per heavy atom. The maximum absolute atomic E-state index is 12.2. The Hall–Kier alpha value is -1.59. The first-order valence-corrected chi connectivity index (χ1v) is 7.35. The molecule has 0 aliphatic rings. The number of aromatic nitrogens is 1. The summed E-state index contributed by atoms with van der Waals surface area (Å²) in [6, 6.07) is 5.36. The number of thiazole rings is 1. The highest BCUT2D eigenvalue weighted by molar-refractivity contribution is 7.07. The van der Waals surface area contributed by atoms with Crippen LogP contribution in [-0.4, -0.2) is 29.9 Å². The van der Waals surface area contributed by atoms with E-state index in [0.29, 0.717) is 23.7 Å². The molecule has 6 heteroatoms. The van der Waals surface area contributed by atoms with E-state index >= 15 is 0 Å². The molecule has 20 heavy (non-hydrogen) atoms. The Kier molecular flexibility index (Phi) is 4.98. The maximum atomic E-state index is 12.2. The van der Waals surface area contributed by atoms with Crippen LogP contribution in [0.4, 0.5) is 0 Å². The number of hydrogen-bond donors (Lipinski definition) is 0. The molecule has 0 aliphatic heterocycles. The molecule has 1 amide bonds. The monoisotopic (exact) mass is 310 g/mol. The van der Waals surface area contributed by atoms with Gasteiger partial charge in [-0.3, -0.25) is 4.79 Å². The van der Waals surface area contributed by atoms with Gasteiger partial charge in [0.05, 0.1) is 36.3 Å². The summed E-state index contributed by atoms with van der Waals surface area (Å²) in [5.41, 5.74) is 3.54. The summed E-state index contributed by atoms with van der Waals surface area (Å²) in [6.07, 6.45) is 0.314. The zero-order valence-corrected chi connectivity index (χ0v) is 12.9. The van der Waals surface area contributed by atoms with Gasteiger partial charge in [-0.05, 0) is 17.7 Å². The van der Waals surface area contributed by atoms with Gasteiger partial charge in [-0.15, -0.1) is 11.3 Å². The molecule has 1 aromatic heterocycles. The average Bonchev–Trinajstić information content (AvgIpc) is 2.93. The van der Waals surface area contributed by atoms with Gasteiger partial charge in [-0.1, -0.05) is 17.7 Å². The van der Waals surface area contributed by atoms with Gasteiger partial charge in [0.2, 0.25) is 5.91 Å². The van der Waals surface area contributed by atoms with E-state index in [4.69, 9.17) is 16.3 Å². The van der Waals surface area contributed by atoms with Crippen molar-refractivity contribution in [3.05, 3.63) is 45.4 Å². The van der Waals surface area contributed by atoms with Crippen LogP contribution in [0.25, 0.3) is 0 Å². The summed E-state index contributed by atoms with van der Waals surface area (Å²) >= 11 is 7.49. The fourth-order valence-corrected chi connectivity index (χ4v) is 2.51. The van der Waals surface area contributed by atoms with E-state index in [9.17, 15) is 4.79 Å². The normalized spacial score (nSPS) is 10.3. The van der Waals surface area contributed by atoms with E-state index in [0.717, 1.165) is 11.3 Å². The lowest BCUT2D eigenvalue weighted by Crippen LogP contribution is -2.27. The number of benzene rings is 1. The molecular weight excluding hydrogens is 296 g/mol. The quantitative estimate of drug-likeness (QED) is 0.852. The molecule has 0 radical (unpaired) electrons. The maximum Gasteiger partial charge on any atom is 0.227 e. The number of carbonyl (C=O) groups is 1. The molecule has 1 heterocycles. The number of ether oxygens (including phenoxy) is 1. The zero-order valence-electron chi connectivity index (χ0n) is 11.3. The number of halogens is 1. The zero-order chi connectivity index (χ0) is 14.5. The Morgan fingerprint density at radius 2 is 2.30 bits per heavy atom. The van der Waals surface area contributed by atoms with Gasteiger partial charge in [0, 0.05) is 12.4 Å². The van der Waals surface area contributed by atoms with Crippen molar-refractivity contribution in [2.75, 3.05) is 14.2 Å². The Labute approximate surface area is 127 Å². The van der Waals surface area contributed by atoms with Crippen molar-refractivity contribution in [2.45, 2.75) is 13.0 Å². The summed E-state index contributed by atoms with van der Waals surface area (Å²) in [4.78, 5) is 18.0. The lowest BCUT2D eigenvalue weighted by atomic mass is 10.1. The van der Waals surface area contributed by atoms with Gasteiger partial charge < -0.3 is 9.64 Å². The first-order valence-electron chi connectivity index (χ1n) is 6.03. The lowest BCUT2D eigenvalue weighted by Gasteiger charge is -2.16. The molecule has 1 aromatic carbocycles. The van der Waals surface area contributed by atoms with E-state index in [1.54, 1.807) is 36.7 Å².